The fourth-order valence-electron chi connectivity index (χ4n) is 3.91. The van der Waals surface area contributed by atoms with Gasteiger partial charge in [-0.15, -0.1) is 0 Å². The normalized spacial score (nSPS) is 16.1. The van der Waals surface area contributed by atoms with E-state index in [-0.39, 0.29) is 15.8 Å². The van der Waals surface area contributed by atoms with Crippen molar-refractivity contribution in [3.05, 3.63) is 41.0 Å². The molecular weight excluding hydrogens is 412 g/mol. The SMILES string of the molecule is CS(=O)(=O)c1ccc(C(CC2CCCC2)C(=O)Nc2ccn(CCN)n2)cc1Cl. The van der Waals surface area contributed by atoms with Crippen LogP contribution in [0.4, 0.5) is 5.82 Å². The summed E-state index contributed by atoms with van der Waals surface area (Å²) in [6.07, 6.45) is 8.14. The lowest BCUT2D eigenvalue weighted by Crippen LogP contribution is -2.23. The zero-order valence-electron chi connectivity index (χ0n) is 16.5. The highest BCUT2D eigenvalue weighted by Crippen LogP contribution is 2.36. The Labute approximate surface area is 176 Å². The second-order valence-electron chi connectivity index (χ2n) is 7.64. The number of sulfone groups is 1. The van der Waals surface area contributed by atoms with Crippen molar-refractivity contribution in [3.63, 3.8) is 0 Å². The molecule has 1 fully saturated rings. The summed E-state index contributed by atoms with van der Waals surface area (Å²) >= 11 is 6.24. The smallest absolute Gasteiger partial charge is 0.233 e. The lowest BCUT2D eigenvalue weighted by atomic mass is 9.87. The van der Waals surface area contributed by atoms with Crippen molar-refractivity contribution < 1.29 is 13.2 Å². The number of benzene rings is 1. The minimum absolute atomic E-state index is 0.0727. The van der Waals surface area contributed by atoms with Gasteiger partial charge in [0.15, 0.2) is 15.7 Å². The predicted octanol–water partition coefficient (Wildman–Crippen LogP) is 3.20. The molecule has 3 N–H and O–H groups in total. The molecule has 0 saturated heterocycles. The van der Waals surface area contributed by atoms with Crippen LogP contribution in [0.2, 0.25) is 5.02 Å². The number of nitrogens with one attached hydrogen (secondary N) is 1. The number of nitrogens with two attached hydrogens (primary N) is 1. The number of carbonyl (C=O) groups is 1. The summed E-state index contributed by atoms with van der Waals surface area (Å²) in [6.45, 7) is 1.04. The first kappa shape index (κ1) is 21.8. The van der Waals surface area contributed by atoms with Gasteiger partial charge in [0.1, 0.15) is 0 Å². The molecule has 1 aromatic carbocycles. The van der Waals surface area contributed by atoms with Gasteiger partial charge in [-0.2, -0.15) is 5.10 Å². The third kappa shape index (κ3) is 5.58. The maximum atomic E-state index is 13.1. The van der Waals surface area contributed by atoms with Crippen molar-refractivity contribution in [3.8, 4) is 0 Å². The van der Waals surface area contributed by atoms with E-state index in [1.165, 1.54) is 18.9 Å². The lowest BCUT2D eigenvalue weighted by Gasteiger charge is -2.21. The summed E-state index contributed by atoms with van der Waals surface area (Å²) in [6, 6.07) is 6.51. The average Bonchev–Trinajstić information content (AvgIpc) is 3.31. The molecular formula is C20H27ClN4O3S. The van der Waals surface area contributed by atoms with Crippen molar-refractivity contribution in [2.75, 3.05) is 18.1 Å². The molecule has 0 aliphatic heterocycles. The minimum atomic E-state index is -3.43. The number of halogens is 1. The summed E-state index contributed by atoms with van der Waals surface area (Å²) in [7, 11) is -3.43. The van der Waals surface area contributed by atoms with Gasteiger partial charge in [-0.05, 0) is 30.0 Å². The van der Waals surface area contributed by atoms with E-state index >= 15 is 0 Å². The van der Waals surface area contributed by atoms with Crippen molar-refractivity contribution in [1.82, 2.24) is 9.78 Å². The molecule has 7 nitrogen and oxygen atoms in total. The largest absolute Gasteiger partial charge is 0.329 e. The summed E-state index contributed by atoms with van der Waals surface area (Å²) in [4.78, 5) is 13.2. The fraction of sp³-hybridized carbons (Fsp3) is 0.500. The minimum Gasteiger partial charge on any atom is -0.329 e. The molecule has 1 aliphatic carbocycles. The molecule has 29 heavy (non-hydrogen) atoms. The number of aromatic nitrogens is 2. The number of anilines is 1. The predicted molar refractivity (Wildman–Crippen MR) is 114 cm³/mol. The van der Waals surface area contributed by atoms with Crippen molar-refractivity contribution in [2.45, 2.75) is 49.5 Å². The molecule has 158 valence electrons. The van der Waals surface area contributed by atoms with E-state index in [9.17, 15) is 13.2 Å². The third-order valence-electron chi connectivity index (χ3n) is 5.37. The van der Waals surface area contributed by atoms with Gasteiger partial charge in [-0.3, -0.25) is 9.48 Å². The third-order valence-corrected chi connectivity index (χ3v) is 6.95. The summed E-state index contributed by atoms with van der Waals surface area (Å²) < 4.78 is 25.4. The lowest BCUT2D eigenvalue weighted by molar-refractivity contribution is -0.118. The molecule has 1 aliphatic rings. The van der Waals surface area contributed by atoms with Gasteiger partial charge in [-0.1, -0.05) is 43.4 Å². The van der Waals surface area contributed by atoms with Crippen LogP contribution in [-0.4, -0.2) is 36.9 Å². The van der Waals surface area contributed by atoms with Gasteiger partial charge in [0, 0.05) is 25.1 Å². The number of hydrogen-bond donors (Lipinski definition) is 2. The first-order valence-electron chi connectivity index (χ1n) is 9.82. The Morgan fingerprint density at radius 3 is 2.69 bits per heavy atom. The summed E-state index contributed by atoms with van der Waals surface area (Å²) in [5.41, 5.74) is 6.26. The summed E-state index contributed by atoms with van der Waals surface area (Å²) in [5, 5.41) is 7.34. The molecule has 3 rings (SSSR count). The first-order chi connectivity index (χ1) is 13.8. The average molecular weight is 439 g/mol. The van der Waals surface area contributed by atoms with Crippen LogP contribution in [0.3, 0.4) is 0 Å². The van der Waals surface area contributed by atoms with Crippen LogP contribution in [0, 0.1) is 5.92 Å². The molecule has 0 radical (unpaired) electrons. The monoisotopic (exact) mass is 438 g/mol. The Balaban J connectivity index is 1.85. The van der Waals surface area contributed by atoms with Gasteiger partial charge in [0.05, 0.1) is 22.4 Å². The van der Waals surface area contributed by atoms with E-state index in [1.807, 2.05) is 0 Å². The van der Waals surface area contributed by atoms with Gasteiger partial charge in [0.2, 0.25) is 5.91 Å². The van der Waals surface area contributed by atoms with Crippen molar-refractivity contribution in [1.29, 1.82) is 0 Å². The standard InChI is InChI=1S/C20H27ClN4O3S/c1-29(27,28)18-7-6-15(13-17(18)21)16(12-14-4-2-3-5-14)20(26)23-19-8-10-25(24-19)11-9-22/h6-8,10,13-14,16H,2-5,9,11-12,22H2,1H3,(H,23,24,26). The number of hydrogen-bond acceptors (Lipinski definition) is 5. The topological polar surface area (TPSA) is 107 Å². The Hall–Kier alpha value is -1.90. The Morgan fingerprint density at radius 1 is 1.34 bits per heavy atom. The van der Waals surface area contributed by atoms with Gasteiger partial charge >= 0.3 is 0 Å². The van der Waals surface area contributed by atoms with Crippen LogP contribution in [0.15, 0.2) is 35.4 Å². The van der Waals surface area contributed by atoms with E-state index in [0.29, 0.717) is 36.8 Å². The Kier molecular flexibility index (Phi) is 6.97. The van der Waals surface area contributed by atoms with Crippen LogP contribution < -0.4 is 11.1 Å². The van der Waals surface area contributed by atoms with Crippen LogP contribution >= 0.6 is 11.6 Å². The zero-order valence-corrected chi connectivity index (χ0v) is 18.0. The Bertz CT molecular complexity index is 968. The summed E-state index contributed by atoms with van der Waals surface area (Å²) in [5.74, 6) is 0.342. The van der Waals surface area contributed by atoms with Crippen molar-refractivity contribution >= 4 is 33.2 Å². The molecule has 1 atom stereocenters. The highest BCUT2D eigenvalue weighted by Gasteiger charge is 2.28. The van der Waals surface area contributed by atoms with E-state index in [1.54, 1.807) is 29.1 Å². The molecule has 2 aromatic rings. The molecule has 0 spiro atoms. The van der Waals surface area contributed by atoms with E-state index in [2.05, 4.69) is 10.4 Å². The molecule has 1 aromatic heterocycles. The number of nitrogens with zero attached hydrogens (tertiary/aromatic N) is 2. The molecule has 1 unspecified atom stereocenters. The number of rotatable bonds is 8. The van der Waals surface area contributed by atoms with Crippen molar-refractivity contribution in [2.24, 2.45) is 11.7 Å². The maximum Gasteiger partial charge on any atom is 0.233 e. The van der Waals surface area contributed by atoms with E-state index < -0.39 is 15.8 Å². The van der Waals surface area contributed by atoms with Gasteiger partial charge < -0.3 is 11.1 Å². The highest BCUT2D eigenvalue weighted by atomic mass is 35.5. The number of carbonyl (C=O) groups excluding carboxylic acids is 1. The molecule has 1 saturated carbocycles. The maximum absolute atomic E-state index is 13.1. The van der Waals surface area contributed by atoms with Crippen LogP contribution in [-0.2, 0) is 21.2 Å². The van der Waals surface area contributed by atoms with Crippen LogP contribution in [0.25, 0.3) is 0 Å². The first-order valence-corrected chi connectivity index (χ1v) is 12.1. The number of amides is 1. The highest BCUT2D eigenvalue weighted by molar-refractivity contribution is 7.90. The van der Waals surface area contributed by atoms with Gasteiger partial charge in [-0.25, -0.2) is 8.42 Å². The van der Waals surface area contributed by atoms with E-state index in [0.717, 1.165) is 19.1 Å². The van der Waals surface area contributed by atoms with Gasteiger partial charge in [0.25, 0.3) is 0 Å². The Morgan fingerprint density at radius 2 is 2.07 bits per heavy atom. The van der Waals surface area contributed by atoms with E-state index in [4.69, 9.17) is 17.3 Å². The second kappa shape index (κ2) is 9.28. The molecule has 9 heteroatoms. The second-order valence-corrected chi connectivity index (χ2v) is 10.0. The van der Waals surface area contributed by atoms with Crippen LogP contribution in [0.5, 0.6) is 0 Å². The molecule has 1 amide bonds. The molecule has 1 heterocycles. The van der Waals surface area contributed by atoms with Crippen LogP contribution in [0.1, 0.15) is 43.6 Å². The molecule has 0 bridgehead atoms. The fourth-order valence-corrected chi connectivity index (χ4v) is 5.24. The zero-order chi connectivity index (χ0) is 21.0. The quantitative estimate of drug-likeness (QED) is 0.658.